The second-order valence-electron chi connectivity index (χ2n) is 6.88. The monoisotopic (exact) mass is 361 g/mol. The molecule has 1 aromatic carbocycles. The molecular weight excluding hydrogens is 333 g/mol. The molecule has 1 aliphatic rings. The van der Waals surface area contributed by atoms with Crippen molar-refractivity contribution in [3.05, 3.63) is 35.1 Å². The van der Waals surface area contributed by atoms with Crippen molar-refractivity contribution < 1.29 is 9.13 Å². The average molecular weight is 361 g/mol. The Hall–Kier alpha value is -2.17. The maximum Gasteiger partial charge on any atom is 0.191 e. The largest absolute Gasteiger partial charge is 0.379 e. The van der Waals surface area contributed by atoms with Crippen molar-refractivity contribution in [2.75, 3.05) is 39.4 Å². The number of morpholine rings is 1. The lowest BCUT2D eigenvalue weighted by Gasteiger charge is -2.41. The molecule has 1 aliphatic heterocycles. The molecule has 142 valence electrons. The zero-order valence-electron chi connectivity index (χ0n) is 15.8. The van der Waals surface area contributed by atoms with Crippen LogP contribution < -0.4 is 10.6 Å². The van der Waals surface area contributed by atoms with Crippen LogP contribution in [0.15, 0.2) is 23.2 Å². The Labute approximate surface area is 155 Å². The number of aliphatic imine (C=N–C) groups is 1. The maximum absolute atomic E-state index is 13.9. The summed E-state index contributed by atoms with van der Waals surface area (Å²) in [5.41, 5.74) is 0.795. The van der Waals surface area contributed by atoms with Crippen LogP contribution in [0.1, 0.15) is 31.9 Å². The van der Waals surface area contributed by atoms with Gasteiger partial charge in [0, 0.05) is 37.3 Å². The van der Waals surface area contributed by atoms with Gasteiger partial charge < -0.3 is 15.4 Å². The van der Waals surface area contributed by atoms with Crippen LogP contribution >= 0.6 is 0 Å². The molecule has 1 aromatic rings. The molecule has 0 radical (unpaired) electrons. The van der Waals surface area contributed by atoms with E-state index >= 15 is 0 Å². The molecule has 0 amide bonds. The fourth-order valence-corrected chi connectivity index (χ4v) is 2.85. The van der Waals surface area contributed by atoms with Gasteiger partial charge in [0.15, 0.2) is 5.96 Å². The Bertz CT molecular complexity index is 662. The first kappa shape index (κ1) is 20.1. The van der Waals surface area contributed by atoms with Gasteiger partial charge >= 0.3 is 0 Å². The second kappa shape index (κ2) is 9.51. The quantitative estimate of drug-likeness (QED) is 0.598. The summed E-state index contributed by atoms with van der Waals surface area (Å²) in [7, 11) is 0. The maximum atomic E-state index is 13.9. The highest BCUT2D eigenvalue weighted by Gasteiger charge is 2.28. The van der Waals surface area contributed by atoms with Crippen molar-refractivity contribution in [1.82, 2.24) is 15.5 Å². The fourth-order valence-electron chi connectivity index (χ4n) is 2.85. The standard InChI is InChI=1S/C19H28FN5O/c1-4-22-18(23-13-16-11-15(12-21)5-6-17(16)20)24-14-19(2,3)25-7-9-26-10-8-25/h5-6,11H,4,7-10,13-14H2,1-3H3,(H2,22,23,24). The minimum atomic E-state index is -0.350. The number of nitriles is 1. The van der Waals surface area contributed by atoms with Crippen LogP contribution in [0.4, 0.5) is 4.39 Å². The van der Waals surface area contributed by atoms with Crippen LogP contribution in [-0.4, -0.2) is 55.8 Å². The Morgan fingerprint density at radius 3 is 2.73 bits per heavy atom. The van der Waals surface area contributed by atoms with Gasteiger partial charge in [-0.2, -0.15) is 5.26 Å². The van der Waals surface area contributed by atoms with E-state index in [-0.39, 0.29) is 17.9 Å². The molecule has 6 nitrogen and oxygen atoms in total. The van der Waals surface area contributed by atoms with Crippen molar-refractivity contribution in [3.8, 4) is 6.07 Å². The number of guanidine groups is 1. The minimum absolute atomic E-state index is 0.0497. The zero-order chi connectivity index (χ0) is 19.0. The van der Waals surface area contributed by atoms with Crippen molar-refractivity contribution in [2.24, 2.45) is 4.99 Å². The first-order valence-corrected chi connectivity index (χ1v) is 9.00. The molecule has 1 heterocycles. The molecule has 0 spiro atoms. The minimum Gasteiger partial charge on any atom is -0.379 e. The van der Waals surface area contributed by atoms with Gasteiger partial charge in [0.25, 0.3) is 0 Å². The van der Waals surface area contributed by atoms with Gasteiger partial charge in [-0.25, -0.2) is 9.38 Å². The fraction of sp³-hybridized carbons (Fsp3) is 0.579. The molecule has 2 rings (SSSR count). The average Bonchev–Trinajstić information content (AvgIpc) is 2.66. The predicted molar refractivity (Wildman–Crippen MR) is 100 cm³/mol. The van der Waals surface area contributed by atoms with E-state index in [1.165, 1.54) is 12.1 Å². The van der Waals surface area contributed by atoms with Gasteiger partial charge in [0.2, 0.25) is 0 Å². The van der Waals surface area contributed by atoms with Crippen molar-refractivity contribution >= 4 is 5.96 Å². The SMILES string of the molecule is CCNC(=NCc1cc(C#N)ccc1F)NCC(C)(C)N1CCOCC1. The Morgan fingerprint density at radius 2 is 2.08 bits per heavy atom. The molecule has 2 N–H and O–H groups in total. The van der Waals surface area contributed by atoms with Crippen LogP contribution in [0, 0.1) is 17.1 Å². The van der Waals surface area contributed by atoms with Gasteiger partial charge in [-0.3, -0.25) is 4.90 Å². The third-order valence-corrected chi connectivity index (χ3v) is 4.48. The molecular formula is C19H28FN5O. The number of hydrogen-bond acceptors (Lipinski definition) is 4. The van der Waals surface area contributed by atoms with Crippen LogP contribution in [0.3, 0.4) is 0 Å². The summed E-state index contributed by atoms with van der Waals surface area (Å²) in [5.74, 6) is 0.285. The van der Waals surface area contributed by atoms with Gasteiger partial charge in [-0.05, 0) is 39.0 Å². The topological polar surface area (TPSA) is 72.7 Å². The smallest absolute Gasteiger partial charge is 0.191 e. The van der Waals surface area contributed by atoms with E-state index in [2.05, 4.69) is 34.4 Å². The molecule has 0 aromatic heterocycles. The van der Waals surface area contributed by atoms with Crippen LogP contribution in [0.2, 0.25) is 0 Å². The lowest BCUT2D eigenvalue weighted by Crippen LogP contribution is -2.56. The summed E-state index contributed by atoms with van der Waals surface area (Å²) in [6.07, 6.45) is 0. The molecule has 0 saturated carbocycles. The van der Waals surface area contributed by atoms with Gasteiger partial charge in [-0.1, -0.05) is 0 Å². The Morgan fingerprint density at radius 1 is 1.35 bits per heavy atom. The number of hydrogen-bond donors (Lipinski definition) is 2. The third-order valence-electron chi connectivity index (χ3n) is 4.48. The molecule has 0 bridgehead atoms. The summed E-state index contributed by atoms with van der Waals surface area (Å²) >= 11 is 0. The van der Waals surface area contributed by atoms with E-state index in [1.807, 2.05) is 13.0 Å². The van der Waals surface area contributed by atoms with E-state index in [1.54, 1.807) is 6.07 Å². The molecule has 0 unspecified atom stereocenters. The highest BCUT2D eigenvalue weighted by atomic mass is 19.1. The molecule has 1 fully saturated rings. The van der Waals surface area contributed by atoms with E-state index in [4.69, 9.17) is 10.00 Å². The Balaban J connectivity index is 2.01. The van der Waals surface area contributed by atoms with Crippen LogP contribution in [0.25, 0.3) is 0 Å². The molecule has 0 atom stereocenters. The summed E-state index contributed by atoms with van der Waals surface area (Å²) in [5, 5.41) is 15.5. The van der Waals surface area contributed by atoms with Crippen LogP contribution in [0.5, 0.6) is 0 Å². The lowest BCUT2D eigenvalue weighted by atomic mass is 10.0. The number of nitrogens with one attached hydrogen (secondary N) is 2. The van der Waals surface area contributed by atoms with E-state index < -0.39 is 0 Å². The van der Waals surface area contributed by atoms with Gasteiger partial charge in [0.05, 0.1) is 31.4 Å². The number of halogens is 1. The summed E-state index contributed by atoms with van der Waals surface area (Å²) in [6.45, 7) is 11.3. The third kappa shape index (κ3) is 5.68. The number of rotatable bonds is 6. The van der Waals surface area contributed by atoms with Crippen LogP contribution in [-0.2, 0) is 11.3 Å². The summed E-state index contributed by atoms with van der Waals surface area (Å²) < 4.78 is 19.3. The molecule has 7 heteroatoms. The molecule has 1 saturated heterocycles. The first-order chi connectivity index (χ1) is 12.5. The lowest BCUT2D eigenvalue weighted by molar-refractivity contribution is -0.00834. The molecule has 0 aliphatic carbocycles. The van der Waals surface area contributed by atoms with Crippen molar-refractivity contribution in [2.45, 2.75) is 32.9 Å². The predicted octanol–water partition coefficient (Wildman–Crippen LogP) is 1.86. The first-order valence-electron chi connectivity index (χ1n) is 9.00. The van der Waals surface area contributed by atoms with E-state index in [0.717, 1.165) is 26.3 Å². The highest BCUT2D eigenvalue weighted by Crippen LogP contribution is 2.15. The Kier molecular flexibility index (Phi) is 7.37. The highest BCUT2D eigenvalue weighted by molar-refractivity contribution is 5.79. The van der Waals surface area contributed by atoms with E-state index in [9.17, 15) is 4.39 Å². The number of benzene rings is 1. The summed E-state index contributed by atoms with van der Waals surface area (Å²) in [4.78, 5) is 6.86. The van der Waals surface area contributed by atoms with Crippen molar-refractivity contribution in [3.63, 3.8) is 0 Å². The second-order valence-corrected chi connectivity index (χ2v) is 6.88. The van der Waals surface area contributed by atoms with Crippen molar-refractivity contribution in [1.29, 1.82) is 5.26 Å². The molecule has 26 heavy (non-hydrogen) atoms. The number of nitrogens with zero attached hydrogens (tertiary/aromatic N) is 3. The zero-order valence-corrected chi connectivity index (χ0v) is 15.8. The van der Waals surface area contributed by atoms with Gasteiger partial charge in [0.1, 0.15) is 5.82 Å². The normalized spacial score (nSPS) is 16.2. The number of ether oxygens (including phenoxy) is 1. The van der Waals surface area contributed by atoms with Gasteiger partial charge in [-0.15, -0.1) is 0 Å². The van der Waals surface area contributed by atoms with E-state index in [0.29, 0.717) is 30.2 Å². The summed E-state index contributed by atoms with van der Waals surface area (Å²) in [6, 6.07) is 6.35.